The van der Waals surface area contributed by atoms with Crippen molar-refractivity contribution in [2.24, 2.45) is 5.92 Å². The summed E-state index contributed by atoms with van der Waals surface area (Å²) in [6.45, 7) is -0.355. The molecule has 35 heavy (non-hydrogen) atoms. The number of carbonyl (C=O) groups excluding carboxylic acids is 2. The fourth-order valence-corrected chi connectivity index (χ4v) is 4.90. The van der Waals surface area contributed by atoms with E-state index in [9.17, 15) is 28.1 Å². The minimum Gasteiger partial charge on any atom is -0.460 e. The first-order chi connectivity index (χ1) is 16.7. The number of sulfone groups is 1. The van der Waals surface area contributed by atoms with Gasteiger partial charge in [0.1, 0.15) is 13.2 Å². The van der Waals surface area contributed by atoms with Gasteiger partial charge in [-0.2, -0.15) is 0 Å². The molecule has 1 amide bonds. The van der Waals surface area contributed by atoms with E-state index in [4.69, 9.17) is 4.74 Å². The molecule has 0 unspecified atom stereocenters. The van der Waals surface area contributed by atoms with E-state index in [0.717, 1.165) is 35.4 Å². The second kappa shape index (κ2) is 11.9. The fraction of sp³-hybridized carbons (Fsp3) is 0.200. The van der Waals surface area contributed by atoms with Gasteiger partial charge in [-0.1, -0.05) is 60.7 Å². The highest BCUT2D eigenvalue weighted by molar-refractivity contribution is 7.91. The number of rotatable bonds is 11. The zero-order chi connectivity index (χ0) is 25.3. The standard InChI is InChI=1S/C25H24N2O7S/c28-24(34-17-20-9-5-2-6-10-20)16-26-25(29)21(15-19-7-3-1-4-8-19)18-35(32,33)23-13-11-22(12-14-23)27(30)31/h1-14,21H,15-18H2,(H,26,29)/t21-/m1/s1. The van der Waals surface area contributed by atoms with Crippen molar-refractivity contribution in [1.29, 1.82) is 0 Å². The maximum atomic E-state index is 13.0. The van der Waals surface area contributed by atoms with Gasteiger partial charge in [-0.05, 0) is 29.7 Å². The van der Waals surface area contributed by atoms with Gasteiger partial charge in [-0.15, -0.1) is 0 Å². The number of hydrogen-bond acceptors (Lipinski definition) is 7. The highest BCUT2D eigenvalue weighted by Gasteiger charge is 2.28. The van der Waals surface area contributed by atoms with Crippen LogP contribution in [-0.4, -0.2) is 37.5 Å². The first kappa shape index (κ1) is 25.6. The van der Waals surface area contributed by atoms with E-state index in [-0.39, 0.29) is 23.6 Å². The zero-order valence-corrected chi connectivity index (χ0v) is 19.5. The lowest BCUT2D eigenvalue weighted by Gasteiger charge is -2.17. The second-order valence-electron chi connectivity index (χ2n) is 7.78. The monoisotopic (exact) mass is 496 g/mol. The van der Waals surface area contributed by atoms with Crippen molar-refractivity contribution in [1.82, 2.24) is 5.32 Å². The van der Waals surface area contributed by atoms with Crippen LogP contribution in [0.5, 0.6) is 0 Å². The SMILES string of the molecule is O=C(CNC(=O)[C@H](Cc1ccccc1)CS(=O)(=O)c1ccc([N+](=O)[O-])cc1)OCc1ccccc1. The molecule has 3 aromatic carbocycles. The molecule has 0 spiro atoms. The molecule has 0 aromatic heterocycles. The van der Waals surface area contributed by atoms with Crippen LogP contribution in [0.2, 0.25) is 0 Å². The molecule has 0 aliphatic carbocycles. The van der Waals surface area contributed by atoms with Gasteiger partial charge >= 0.3 is 5.97 Å². The quantitative estimate of drug-likeness (QED) is 0.245. The molecular formula is C25H24N2O7S. The molecule has 1 atom stereocenters. The van der Waals surface area contributed by atoms with Crippen molar-refractivity contribution in [2.75, 3.05) is 12.3 Å². The molecule has 3 rings (SSSR count). The van der Waals surface area contributed by atoms with Gasteiger partial charge in [0, 0.05) is 12.1 Å². The minimum absolute atomic E-state index is 0.0531. The molecule has 0 saturated heterocycles. The van der Waals surface area contributed by atoms with Gasteiger partial charge in [-0.25, -0.2) is 8.42 Å². The topological polar surface area (TPSA) is 133 Å². The number of nitro benzene ring substituents is 1. The number of carbonyl (C=O) groups is 2. The van der Waals surface area contributed by atoms with Crippen LogP contribution in [-0.2, 0) is 37.2 Å². The summed E-state index contributed by atoms with van der Waals surface area (Å²) in [5.41, 5.74) is 1.30. The maximum Gasteiger partial charge on any atom is 0.325 e. The van der Waals surface area contributed by atoms with Gasteiger partial charge in [0.2, 0.25) is 5.91 Å². The summed E-state index contributed by atoms with van der Waals surface area (Å²) in [6, 6.07) is 22.4. The van der Waals surface area contributed by atoms with Crippen LogP contribution in [0.4, 0.5) is 5.69 Å². The Morgan fingerprint density at radius 2 is 1.46 bits per heavy atom. The molecule has 0 aliphatic rings. The van der Waals surface area contributed by atoms with Gasteiger partial charge in [-0.3, -0.25) is 19.7 Å². The van der Waals surface area contributed by atoms with E-state index in [1.165, 1.54) is 0 Å². The lowest BCUT2D eigenvalue weighted by atomic mass is 10.0. The zero-order valence-electron chi connectivity index (χ0n) is 18.7. The van der Waals surface area contributed by atoms with Crippen LogP contribution in [0.25, 0.3) is 0 Å². The van der Waals surface area contributed by atoms with E-state index in [0.29, 0.717) is 0 Å². The van der Waals surface area contributed by atoms with Crippen LogP contribution in [0.3, 0.4) is 0 Å². The van der Waals surface area contributed by atoms with Crippen LogP contribution in [0, 0.1) is 16.0 Å². The summed E-state index contributed by atoms with van der Waals surface area (Å²) in [5, 5.41) is 13.3. The van der Waals surface area contributed by atoms with Crippen LogP contribution in [0.15, 0.2) is 89.8 Å². The molecule has 0 fully saturated rings. The molecule has 1 N–H and O–H groups in total. The van der Waals surface area contributed by atoms with Crippen LogP contribution in [0.1, 0.15) is 11.1 Å². The molecule has 9 nitrogen and oxygen atoms in total. The van der Waals surface area contributed by atoms with Crippen molar-refractivity contribution in [3.63, 3.8) is 0 Å². The molecule has 0 saturated carbocycles. The third-order valence-corrected chi connectivity index (χ3v) is 7.00. The number of ether oxygens (including phenoxy) is 1. The van der Waals surface area contributed by atoms with Crippen molar-refractivity contribution in [3.8, 4) is 0 Å². The first-order valence-electron chi connectivity index (χ1n) is 10.7. The van der Waals surface area contributed by atoms with Crippen molar-refractivity contribution in [2.45, 2.75) is 17.9 Å². The third-order valence-electron chi connectivity index (χ3n) is 5.17. The van der Waals surface area contributed by atoms with Crippen LogP contribution >= 0.6 is 0 Å². The smallest absolute Gasteiger partial charge is 0.325 e. The van der Waals surface area contributed by atoms with Crippen molar-refractivity contribution in [3.05, 3.63) is 106 Å². The second-order valence-corrected chi connectivity index (χ2v) is 9.82. The predicted octanol–water partition coefficient (Wildman–Crippen LogP) is 3.09. The van der Waals surface area contributed by atoms with Gasteiger partial charge in [0.25, 0.3) is 5.69 Å². The Hall–Kier alpha value is -4.05. The Kier molecular flexibility index (Phi) is 8.69. The summed E-state index contributed by atoms with van der Waals surface area (Å²) >= 11 is 0. The average molecular weight is 497 g/mol. The van der Waals surface area contributed by atoms with E-state index in [1.54, 1.807) is 42.5 Å². The number of hydrogen-bond donors (Lipinski definition) is 1. The number of nitrogens with zero attached hydrogens (tertiary/aromatic N) is 1. The Morgan fingerprint density at radius 3 is 2.03 bits per heavy atom. The number of amides is 1. The van der Waals surface area contributed by atoms with Gasteiger partial charge < -0.3 is 10.1 Å². The van der Waals surface area contributed by atoms with E-state index < -0.39 is 44.9 Å². The Labute approximate surface area is 202 Å². The summed E-state index contributed by atoms with van der Waals surface area (Å²) in [4.78, 5) is 35.1. The number of non-ortho nitro benzene ring substituents is 1. The first-order valence-corrected chi connectivity index (χ1v) is 12.4. The highest BCUT2D eigenvalue weighted by atomic mass is 32.2. The average Bonchev–Trinajstić information content (AvgIpc) is 2.86. The minimum atomic E-state index is -3.95. The van der Waals surface area contributed by atoms with Crippen molar-refractivity contribution >= 4 is 27.4 Å². The molecule has 0 radical (unpaired) electrons. The molecule has 10 heteroatoms. The molecule has 182 valence electrons. The maximum absolute atomic E-state index is 13.0. The number of nitrogens with one attached hydrogen (secondary N) is 1. The largest absolute Gasteiger partial charge is 0.460 e. The molecule has 3 aromatic rings. The van der Waals surface area contributed by atoms with Gasteiger partial charge in [0.15, 0.2) is 9.84 Å². The molecule has 0 aliphatic heterocycles. The lowest BCUT2D eigenvalue weighted by molar-refractivity contribution is -0.384. The number of benzene rings is 3. The summed E-state index contributed by atoms with van der Waals surface area (Å²) in [7, 11) is -3.95. The van der Waals surface area contributed by atoms with E-state index in [1.807, 2.05) is 18.2 Å². The normalized spacial score (nSPS) is 11.9. The highest BCUT2D eigenvalue weighted by Crippen LogP contribution is 2.21. The number of esters is 1. The summed E-state index contributed by atoms with van der Waals surface area (Å²) < 4.78 is 31.1. The molecule has 0 bridgehead atoms. The van der Waals surface area contributed by atoms with E-state index >= 15 is 0 Å². The Morgan fingerprint density at radius 1 is 0.886 bits per heavy atom. The molecular weight excluding hydrogens is 472 g/mol. The van der Waals surface area contributed by atoms with Crippen molar-refractivity contribution < 1.29 is 27.7 Å². The van der Waals surface area contributed by atoms with Gasteiger partial charge in [0.05, 0.1) is 21.5 Å². The Bertz CT molecular complexity index is 1260. The Balaban J connectivity index is 1.68. The third kappa shape index (κ3) is 7.75. The molecule has 0 heterocycles. The summed E-state index contributed by atoms with van der Waals surface area (Å²) in [5.74, 6) is -2.81. The summed E-state index contributed by atoms with van der Waals surface area (Å²) in [6.07, 6.45) is 0.123. The predicted molar refractivity (Wildman–Crippen MR) is 128 cm³/mol. The fourth-order valence-electron chi connectivity index (χ4n) is 3.35. The van der Waals surface area contributed by atoms with Crippen LogP contribution < -0.4 is 5.32 Å². The van der Waals surface area contributed by atoms with E-state index in [2.05, 4.69) is 5.32 Å². The number of nitro groups is 1. The lowest BCUT2D eigenvalue weighted by Crippen LogP contribution is -2.39.